The van der Waals surface area contributed by atoms with E-state index in [0.717, 1.165) is 24.6 Å². The Morgan fingerprint density at radius 3 is 2.74 bits per heavy atom. The second kappa shape index (κ2) is 7.89. The third-order valence-corrected chi connectivity index (χ3v) is 3.40. The Labute approximate surface area is 120 Å². The number of alkyl halides is 1. The molecule has 1 rings (SSSR count). The van der Waals surface area contributed by atoms with Gasteiger partial charge in [-0.2, -0.15) is 0 Å². The monoisotopic (exact) mass is 328 g/mol. The molecule has 1 aromatic carbocycles. The molecule has 19 heavy (non-hydrogen) atoms. The molecule has 6 heteroatoms. The van der Waals surface area contributed by atoms with Crippen molar-refractivity contribution >= 4 is 27.5 Å². The molecule has 0 aliphatic heterocycles. The third-order valence-electron chi connectivity index (χ3n) is 2.84. The second-order valence-electron chi connectivity index (χ2n) is 4.21. The lowest BCUT2D eigenvalue weighted by atomic mass is 10.1. The van der Waals surface area contributed by atoms with E-state index in [1.54, 1.807) is 13.0 Å². The third kappa shape index (κ3) is 4.63. The molecule has 104 valence electrons. The van der Waals surface area contributed by atoms with E-state index in [1.807, 2.05) is 0 Å². The minimum atomic E-state index is -0.470. The van der Waals surface area contributed by atoms with E-state index in [2.05, 4.69) is 21.2 Å². The van der Waals surface area contributed by atoms with Crippen LogP contribution >= 0.6 is 15.9 Å². The van der Waals surface area contributed by atoms with Crippen LogP contribution in [0.15, 0.2) is 18.2 Å². The normalized spacial score (nSPS) is 10.2. The molecular formula is C13H17BrN2O3. The van der Waals surface area contributed by atoms with E-state index in [1.165, 1.54) is 12.1 Å². The number of hydrogen-bond donors (Lipinski definition) is 1. The SMILES string of the molecule is Cc1c(C(=O)NCCCCCBr)cccc1[N+](=O)[O-]. The molecule has 1 N–H and O–H groups in total. The van der Waals surface area contributed by atoms with Gasteiger partial charge in [-0.15, -0.1) is 0 Å². The predicted molar refractivity (Wildman–Crippen MR) is 77.8 cm³/mol. The minimum Gasteiger partial charge on any atom is -0.352 e. The summed E-state index contributed by atoms with van der Waals surface area (Å²) in [6.07, 6.45) is 3.02. The van der Waals surface area contributed by atoms with Crippen LogP contribution in [0.1, 0.15) is 35.2 Å². The molecule has 0 saturated carbocycles. The van der Waals surface area contributed by atoms with Gasteiger partial charge in [0.05, 0.1) is 4.92 Å². The molecule has 0 bridgehead atoms. The molecule has 0 aliphatic carbocycles. The summed E-state index contributed by atoms with van der Waals surface area (Å²) in [6.45, 7) is 2.19. The number of halogens is 1. The fourth-order valence-electron chi connectivity index (χ4n) is 1.76. The lowest BCUT2D eigenvalue weighted by Gasteiger charge is -2.07. The summed E-state index contributed by atoms with van der Waals surface area (Å²) < 4.78 is 0. The van der Waals surface area contributed by atoms with Crippen LogP contribution in [-0.2, 0) is 0 Å². The summed E-state index contributed by atoms with van der Waals surface area (Å²) in [5, 5.41) is 14.5. The summed E-state index contributed by atoms with van der Waals surface area (Å²) in [4.78, 5) is 22.3. The summed E-state index contributed by atoms with van der Waals surface area (Å²) in [5.41, 5.74) is 0.757. The molecule has 0 aliphatic rings. The summed E-state index contributed by atoms with van der Waals surface area (Å²) >= 11 is 3.35. The molecule has 1 amide bonds. The molecular weight excluding hydrogens is 312 g/mol. The molecule has 5 nitrogen and oxygen atoms in total. The highest BCUT2D eigenvalue weighted by Crippen LogP contribution is 2.20. The van der Waals surface area contributed by atoms with Crippen LogP contribution in [0.25, 0.3) is 0 Å². The van der Waals surface area contributed by atoms with Crippen LogP contribution in [0.5, 0.6) is 0 Å². The summed E-state index contributed by atoms with van der Waals surface area (Å²) in [6, 6.07) is 4.54. The van der Waals surface area contributed by atoms with Crippen molar-refractivity contribution in [1.29, 1.82) is 0 Å². The van der Waals surface area contributed by atoms with Crippen molar-refractivity contribution in [2.24, 2.45) is 0 Å². The van der Waals surface area contributed by atoms with Gasteiger partial charge in [-0.25, -0.2) is 0 Å². The molecule has 0 heterocycles. The van der Waals surface area contributed by atoms with Crippen LogP contribution in [0.3, 0.4) is 0 Å². The number of amides is 1. The van der Waals surface area contributed by atoms with Crippen molar-refractivity contribution in [2.75, 3.05) is 11.9 Å². The topological polar surface area (TPSA) is 72.2 Å². The zero-order valence-electron chi connectivity index (χ0n) is 10.8. The molecule has 0 aromatic heterocycles. The number of nitrogens with one attached hydrogen (secondary N) is 1. The van der Waals surface area contributed by atoms with Crippen LogP contribution in [0.2, 0.25) is 0 Å². The highest BCUT2D eigenvalue weighted by Gasteiger charge is 2.17. The van der Waals surface area contributed by atoms with Crippen molar-refractivity contribution < 1.29 is 9.72 Å². The molecule has 0 spiro atoms. The van der Waals surface area contributed by atoms with Crippen LogP contribution in [-0.4, -0.2) is 22.7 Å². The lowest BCUT2D eigenvalue weighted by molar-refractivity contribution is -0.385. The largest absolute Gasteiger partial charge is 0.352 e. The quantitative estimate of drug-likeness (QED) is 0.361. The summed E-state index contributed by atoms with van der Waals surface area (Å²) in [5.74, 6) is -0.250. The van der Waals surface area contributed by atoms with Gasteiger partial charge in [0.1, 0.15) is 0 Å². The van der Waals surface area contributed by atoms with Gasteiger partial charge in [0.2, 0.25) is 0 Å². The number of benzene rings is 1. The smallest absolute Gasteiger partial charge is 0.273 e. The average Bonchev–Trinajstić information content (AvgIpc) is 2.38. The fourth-order valence-corrected chi connectivity index (χ4v) is 2.16. The van der Waals surface area contributed by atoms with E-state index >= 15 is 0 Å². The van der Waals surface area contributed by atoms with Crippen molar-refractivity contribution in [3.8, 4) is 0 Å². The zero-order valence-corrected chi connectivity index (χ0v) is 12.4. The first-order valence-corrected chi connectivity index (χ1v) is 7.28. The molecule has 0 atom stereocenters. The molecule has 1 aromatic rings. The standard InChI is InChI=1S/C13H17BrN2O3/c1-10-11(6-5-7-12(10)16(18)19)13(17)15-9-4-2-3-8-14/h5-7H,2-4,8-9H2,1H3,(H,15,17). The first-order chi connectivity index (χ1) is 9.07. The second-order valence-corrected chi connectivity index (χ2v) is 5.01. The van der Waals surface area contributed by atoms with Gasteiger partial charge < -0.3 is 5.32 Å². The minimum absolute atomic E-state index is 0.0214. The number of nitrogens with zero attached hydrogens (tertiary/aromatic N) is 1. The van der Waals surface area contributed by atoms with Gasteiger partial charge >= 0.3 is 0 Å². The molecule has 0 saturated heterocycles. The Balaban J connectivity index is 2.62. The van der Waals surface area contributed by atoms with Crippen molar-refractivity contribution in [1.82, 2.24) is 5.32 Å². The van der Waals surface area contributed by atoms with Gasteiger partial charge in [0.25, 0.3) is 11.6 Å². The van der Waals surface area contributed by atoms with Gasteiger partial charge in [-0.3, -0.25) is 14.9 Å². The number of unbranched alkanes of at least 4 members (excludes halogenated alkanes) is 2. The molecule has 0 fully saturated rings. The highest BCUT2D eigenvalue weighted by atomic mass is 79.9. The molecule has 0 unspecified atom stereocenters. The van der Waals surface area contributed by atoms with Gasteiger partial charge in [0, 0.05) is 29.1 Å². The Morgan fingerprint density at radius 1 is 1.37 bits per heavy atom. The first kappa shape index (κ1) is 15.6. The lowest BCUT2D eigenvalue weighted by Crippen LogP contribution is -2.25. The number of carbonyl (C=O) groups is 1. The number of nitro benzene ring substituents is 1. The van der Waals surface area contributed by atoms with E-state index < -0.39 is 4.92 Å². The number of hydrogen-bond acceptors (Lipinski definition) is 3. The summed E-state index contributed by atoms with van der Waals surface area (Å²) in [7, 11) is 0. The first-order valence-electron chi connectivity index (χ1n) is 6.16. The number of carbonyl (C=O) groups excluding carboxylic acids is 1. The highest BCUT2D eigenvalue weighted by molar-refractivity contribution is 9.09. The zero-order chi connectivity index (χ0) is 14.3. The average molecular weight is 329 g/mol. The Bertz CT molecular complexity index is 463. The van der Waals surface area contributed by atoms with Crippen LogP contribution < -0.4 is 5.32 Å². The molecule has 0 radical (unpaired) electrons. The van der Waals surface area contributed by atoms with Crippen molar-refractivity contribution in [3.63, 3.8) is 0 Å². The predicted octanol–water partition coefficient (Wildman–Crippen LogP) is 3.20. The van der Waals surface area contributed by atoms with E-state index in [-0.39, 0.29) is 11.6 Å². The number of rotatable bonds is 7. The fraction of sp³-hybridized carbons (Fsp3) is 0.462. The maximum absolute atomic E-state index is 11.9. The van der Waals surface area contributed by atoms with E-state index in [0.29, 0.717) is 17.7 Å². The maximum atomic E-state index is 11.9. The Kier molecular flexibility index (Phi) is 6.49. The number of nitro groups is 1. The van der Waals surface area contributed by atoms with E-state index in [9.17, 15) is 14.9 Å². The van der Waals surface area contributed by atoms with Crippen LogP contribution in [0, 0.1) is 17.0 Å². The van der Waals surface area contributed by atoms with Gasteiger partial charge in [-0.1, -0.05) is 28.4 Å². The van der Waals surface area contributed by atoms with Gasteiger partial charge in [0.15, 0.2) is 0 Å². The van der Waals surface area contributed by atoms with Crippen LogP contribution in [0.4, 0.5) is 5.69 Å². The van der Waals surface area contributed by atoms with Gasteiger partial charge in [-0.05, 0) is 25.8 Å². The van der Waals surface area contributed by atoms with Crippen molar-refractivity contribution in [2.45, 2.75) is 26.2 Å². The Hall–Kier alpha value is -1.43. The van der Waals surface area contributed by atoms with E-state index in [4.69, 9.17) is 0 Å². The maximum Gasteiger partial charge on any atom is 0.273 e. The van der Waals surface area contributed by atoms with Crippen molar-refractivity contribution in [3.05, 3.63) is 39.4 Å². The Morgan fingerprint density at radius 2 is 2.11 bits per heavy atom.